The van der Waals surface area contributed by atoms with E-state index in [1.165, 1.54) is 0 Å². The Kier molecular flexibility index (Phi) is 3.93. The lowest BCUT2D eigenvalue weighted by atomic mass is 10.3. The Bertz CT molecular complexity index is 11.1. The number of rotatable bonds is 2. The number of unbranched alkanes of at least 4 members (excludes halogenated alkanes) is 1. The first kappa shape index (κ1) is 4.96. The van der Waals surface area contributed by atoms with E-state index in [0.717, 1.165) is 6.42 Å². The van der Waals surface area contributed by atoms with Crippen molar-refractivity contribution in [3.05, 3.63) is 13.0 Å². The summed E-state index contributed by atoms with van der Waals surface area (Å²) in [5, 5.41) is 0. The quantitative estimate of drug-likeness (QED) is 0.510. The lowest BCUT2D eigenvalue weighted by Gasteiger charge is -1.78. The van der Waals surface area contributed by atoms with Gasteiger partial charge in [-0.3, -0.25) is 0 Å². The van der Waals surface area contributed by atoms with Crippen molar-refractivity contribution in [3.63, 3.8) is 0 Å². The molecule has 0 saturated heterocycles. The lowest BCUT2D eigenvalue weighted by molar-refractivity contribution is 1.07. The molecule has 0 aromatic rings. The van der Waals surface area contributed by atoms with E-state index in [1.54, 1.807) is 6.54 Å². The van der Waals surface area contributed by atoms with Crippen LogP contribution in [0.5, 0.6) is 0 Å². The molecule has 0 aromatic carbocycles. The first-order valence-corrected chi connectivity index (χ1v) is 1.73. The van der Waals surface area contributed by atoms with Gasteiger partial charge >= 0.3 is 0 Å². The third-order valence-corrected chi connectivity index (χ3v) is 0.372. The Hall–Kier alpha value is -0.0400. The van der Waals surface area contributed by atoms with Crippen LogP contribution in [0.1, 0.15) is 13.3 Å². The molecule has 0 aliphatic carbocycles. The average molecular weight is 71.1 g/mol. The molecule has 30 valence electrons. The van der Waals surface area contributed by atoms with E-state index in [-0.39, 0.29) is 0 Å². The summed E-state index contributed by atoms with van der Waals surface area (Å²) in [7, 11) is 0. The van der Waals surface area contributed by atoms with E-state index >= 15 is 0 Å². The van der Waals surface area contributed by atoms with Crippen molar-refractivity contribution in [1.82, 2.24) is 0 Å². The predicted molar refractivity (Wildman–Crippen MR) is 23.1 cm³/mol. The number of hydrogen-bond acceptors (Lipinski definition) is 1. The van der Waals surface area contributed by atoms with E-state index < -0.39 is 0 Å². The van der Waals surface area contributed by atoms with Gasteiger partial charge in [0.25, 0.3) is 0 Å². The van der Waals surface area contributed by atoms with Crippen molar-refractivity contribution in [2.45, 2.75) is 13.3 Å². The molecule has 0 heterocycles. The molecule has 0 bridgehead atoms. The maximum absolute atomic E-state index is 4.98. The molecule has 0 spiro atoms. The van der Waals surface area contributed by atoms with Crippen molar-refractivity contribution in [2.75, 3.05) is 0 Å². The van der Waals surface area contributed by atoms with Crippen LogP contribution in [0.4, 0.5) is 0 Å². The van der Waals surface area contributed by atoms with Crippen LogP contribution in [0.2, 0.25) is 0 Å². The van der Waals surface area contributed by atoms with Crippen LogP contribution in [-0.2, 0) is 0 Å². The zero-order valence-electron chi connectivity index (χ0n) is 3.44. The Morgan fingerprint density at radius 2 is 2.40 bits per heavy atom. The molecule has 1 nitrogen and oxygen atoms in total. The maximum Gasteiger partial charge on any atom is 0.0195 e. The third kappa shape index (κ3) is 3.96. The predicted octanol–water partition coefficient (Wildman–Crippen LogP) is 0.721. The first-order valence-electron chi connectivity index (χ1n) is 1.73. The molecule has 0 aromatic heterocycles. The minimum Gasteiger partial charge on any atom is -0.326 e. The monoisotopic (exact) mass is 71.1 g/mol. The lowest BCUT2D eigenvalue weighted by Crippen LogP contribution is -1.86. The van der Waals surface area contributed by atoms with Crippen LogP contribution >= 0.6 is 0 Å². The number of nitrogens with two attached hydrogens (primary N) is 1. The molecule has 0 fully saturated rings. The molecule has 0 aliphatic heterocycles. The Balaban J connectivity index is 2.19. The van der Waals surface area contributed by atoms with Crippen molar-refractivity contribution < 1.29 is 0 Å². The first-order chi connectivity index (χ1) is 2.41. The van der Waals surface area contributed by atoms with E-state index in [2.05, 4.69) is 0 Å². The van der Waals surface area contributed by atoms with Gasteiger partial charge in [-0.2, -0.15) is 0 Å². The van der Waals surface area contributed by atoms with E-state index in [9.17, 15) is 0 Å². The minimum atomic E-state index is 0.917. The van der Waals surface area contributed by atoms with Crippen LogP contribution in [-0.4, -0.2) is 0 Å². The standard InChI is InChI=1S/C4H9N/c1-2-3-4-5/h2,4H,3,5H2,1H3. The summed E-state index contributed by atoms with van der Waals surface area (Å²) in [6.45, 7) is 3.60. The highest BCUT2D eigenvalue weighted by Crippen LogP contribution is 1.79. The molecule has 2 N–H and O–H groups in total. The van der Waals surface area contributed by atoms with Crippen LogP contribution < -0.4 is 5.73 Å². The molecule has 0 rings (SSSR count). The Labute approximate surface area is 33.2 Å². The van der Waals surface area contributed by atoms with Crippen LogP contribution in [0.15, 0.2) is 0 Å². The summed E-state index contributed by atoms with van der Waals surface area (Å²) in [5.41, 5.74) is 4.98. The molecule has 2 radical (unpaired) electrons. The zero-order valence-corrected chi connectivity index (χ0v) is 3.44. The van der Waals surface area contributed by atoms with Crippen molar-refractivity contribution in [1.29, 1.82) is 0 Å². The van der Waals surface area contributed by atoms with Crippen molar-refractivity contribution in [2.24, 2.45) is 5.73 Å². The van der Waals surface area contributed by atoms with Crippen molar-refractivity contribution in [3.8, 4) is 0 Å². The summed E-state index contributed by atoms with van der Waals surface area (Å²) >= 11 is 0. The molecule has 0 unspecified atom stereocenters. The van der Waals surface area contributed by atoms with Gasteiger partial charge in [-0.15, -0.1) is 0 Å². The normalized spacial score (nSPS) is 8.40. The van der Waals surface area contributed by atoms with Gasteiger partial charge in [0.2, 0.25) is 0 Å². The average Bonchev–Trinajstić information content (AvgIpc) is 1.41. The number of hydrogen-bond donors (Lipinski definition) is 1. The Morgan fingerprint density at radius 3 is 2.40 bits per heavy atom. The second-order valence-electron chi connectivity index (χ2n) is 0.880. The van der Waals surface area contributed by atoms with Gasteiger partial charge in [-0.05, 0) is 12.8 Å². The summed E-state index contributed by atoms with van der Waals surface area (Å²) in [4.78, 5) is 0. The molecule has 0 atom stereocenters. The smallest absolute Gasteiger partial charge is 0.0195 e. The fourth-order valence-electron chi connectivity index (χ4n) is 0.136. The largest absolute Gasteiger partial charge is 0.326 e. The highest BCUT2D eigenvalue weighted by Gasteiger charge is 1.69. The SMILES string of the molecule is C[CH]C[CH]N. The van der Waals surface area contributed by atoms with Gasteiger partial charge in [0.05, 0.1) is 0 Å². The minimum absolute atomic E-state index is 0.917. The highest BCUT2D eigenvalue weighted by molar-refractivity contribution is 4.63. The second kappa shape index (κ2) is 3.96. The maximum atomic E-state index is 4.98. The van der Waals surface area contributed by atoms with Gasteiger partial charge in [-0.1, -0.05) is 6.92 Å². The molecule has 1 heteroatoms. The molecule has 5 heavy (non-hydrogen) atoms. The zero-order chi connectivity index (χ0) is 4.12. The molecular formula is C4H9N. The summed E-state index contributed by atoms with van der Waals surface area (Å²) in [6.07, 6.45) is 2.92. The van der Waals surface area contributed by atoms with Crippen molar-refractivity contribution >= 4 is 0 Å². The van der Waals surface area contributed by atoms with Gasteiger partial charge in [-0.25, -0.2) is 0 Å². The summed E-state index contributed by atoms with van der Waals surface area (Å²) in [6, 6.07) is 0. The summed E-state index contributed by atoms with van der Waals surface area (Å²) in [5.74, 6) is 0. The van der Waals surface area contributed by atoms with Crippen LogP contribution in [0, 0.1) is 13.0 Å². The topological polar surface area (TPSA) is 26.0 Å². The Morgan fingerprint density at radius 1 is 1.80 bits per heavy atom. The molecular weight excluding hydrogens is 62.1 g/mol. The van der Waals surface area contributed by atoms with Crippen LogP contribution in [0.25, 0.3) is 0 Å². The van der Waals surface area contributed by atoms with Gasteiger partial charge in [0.15, 0.2) is 0 Å². The van der Waals surface area contributed by atoms with Gasteiger partial charge in [0, 0.05) is 6.54 Å². The van der Waals surface area contributed by atoms with E-state index in [4.69, 9.17) is 5.73 Å². The van der Waals surface area contributed by atoms with Gasteiger partial charge in [0.1, 0.15) is 0 Å². The second-order valence-corrected chi connectivity index (χ2v) is 0.880. The van der Waals surface area contributed by atoms with E-state index in [0.29, 0.717) is 0 Å². The van der Waals surface area contributed by atoms with Gasteiger partial charge < -0.3 is 5.73 Å². The summed E-state index contributed by atoms with van der Waals surface area (Å²) < 4.78 is 0. The molecule has 0 amide bonds. The third-order valence-electron chi connectivity index (χ3n) is 0.372. The fraction of sp³-hybridized carbons (Fsp3) is 0.500. The van der Waals surface area contributed by atoms with E-state index in [1.807, 2.05) is 13.3 Å². The highest BCUT2D eigenvalue weighted by atomic mass is 14.5. The van der Waals surface area contributed by atoms with Crippen LogP contribution in [0.3, 0.4) is 0 Å². The fourth-order valence-corrected chi connectivity index (χ4v) is 0.136. The molecule has 0 aliphatic rings. The molecule has 0 saturated carbocycles.